The van der Waals surface area contributed by atoms with Gasteiger partial charge < -0.3 is 20.4 Å². The smallest absolute Gasteiger partial charge is 0.312 e. The summed E-state index contributed by atoms with van der Waals surface area (Å²) in [6, 6.07) is 4.18. The Morgan fingerprint density at radius 3 is 2.90 bits per heavy atom. The molecule has 0 aliphatic carbocycles. The van der Waals surface area contributed by atoms with Crippen LogP contribution in [0.3, 0.4) is 0 Å². The number of imidazole rings is 1. The van der Waals surface area contributed by atoms with Crippen molar-refractivity contribution < 1.29 is 13.9 Å². The van der Waals surface area contributed by atoms with Crippen LogP contribution in [-0.2, 0) is 24.2 Å². The first-order chi connectivity index (χ1) is 14.3. The van der Waals surface area contributed by atoms with Crippen molar-refractivity contribution in [3.63, 3.8) is 0 Å². The van der Waals surface area contributed by atoms with Crippen molar-refractivity contribution in [3.05, 3.63) is 40.7 Å². The number of halogens is 1. The molecule has 1 amide bonds. The van der Waals surface area contributed by atoms with Crippen LogP contribution < -0.4 is 15.8 Å². The van der Waals surface area contributed by atoms with Gasteiger partial charge in [0.15, 0.2) is 17.0 Å². The van der Waals surface area contributed by atoms with Crippen molar-refractivity contribution >= 4 is 22.9 Å². The average Bonchev–Trinajstić information content (AvgIpc) is 3.26. The monoisotopic (exact) mass is 412 g/mol. The van der Waals surface area contributed by atoms with Crippen LogP contribution in [0.4, 0.5) is 10.2 Å². The summed E-state index contributed by atoms with van der Waals surface area (Å²) in [6.07, 6.45) is 0.509. The SMILES string of the molecule is Cc1cc2c(cc1Cc1nc3c(N)nc(F)nc3n1CCNC(=O)C(C)C)OCC2. The summed E-state index contributed by atoms with van der Waals surface area (Å²) in [5, 5.41) is 2.87. The molecule has 4 rings (SSSR count). The van der Waals surface area contributed by atoms with Gasteiger partial charge in [0, 0.05) is 31.8 Å². The molecule has 3 aromatic rings. The lowest BCUT2D eigenvalue weighted by atomic mass is 10.0. The summed E-state index contributed by atoms with van der Waals surface area (Å²) in [5.41, 5.74) is 9.98. The van der Waals surface area contributed by atoms with Gasteiger partial charge in [0.1, 0.15) is 11.6 Å². The predicted molar refractivity (Wildman–Crippen MR) is 111 cm³/mol. The van der Waals surface area contributed by atoms with Crippen LogP contribution >= 0.6 is 0 Å². The van der Waals surface area contributed by atoms with Gasteiger partial charge in [-0.1, -0.05) is 19.9 Å². The van der Waals surface area contributed by atoms with E-state index < -0.39 is 6.08 Å². The van der Waals surface area contributed by atoms with Crippen LogP contribution in [0.5, 0.6) is 5.75 Å². The third kappa shape index (κ3) is 3.79. The number of anilines is 1. The molecule has 0 saturated heterocycles. The second-order valence-electron chi connectivity index (χ2n) is 7.84. The lowest BCUT2D eigenvalue weighted by Crippen LogP contribution is -2.31. The fourth-order valence-electron chi connectivity index (χ4n) is 3.66. The van der Waals surface area contributed by atoms with E-state index in [1.54, 1.807) is 4.57 Å². The van der Waals surface area contributed by atoms with Crippen molar-refractivity contribution in [1.82, 2.24) is 24.8 Å². The van der Waals surface area contributed by atoms with E-state index in [4.69, 9.17) is 10.5 Å². The molecule has 0 bridgehead atoms. The molecule has 0 saturated carbocycles. The van der Waals surface area contributed by atoms with Gasteiger partial charge >= 0.3 is 6.08 Å². The van der Waals surface area contributed by atoms with Crippen molar-refractivity contribution in [2.24, 2.45) is 5.92 Å². The summed E-state index contributed by atoms with van der Waals surface area (Å²) >= 11 is 0. The number of fused-ring (bicyclic) bond motifs is 2. The molecule has 8 nitrogen and oxygen atoms in total. The average molecular weight is 412 g/mol. The Bertz CT molecular complexity index is 1120. The van der Waals surface area contributed by atoms with Gasteiger partial charge in [-0.3, -0.25) is 4.79 Å². The maximum atomic E-state index is 13.9. The van der Waals surface area contributed by atoms with Crippen molar-refractivity contribution in [2.75, 3.05) is 18.9 Å². The lowest BCUT2D eigenvalue weighted by Gasteiger charge is -2.13. The Hall–Kier alpha value is -3.23. The fourth-order valence-corrected chi connectivity index (χ4v) is 3.66. The Kier molecular flexibility index (Phi) is 5.27. The second-order valence-corrected chi connectivity index (χ2v) is 7.84. The summed E-state index contributed by atoms with van der Waals surface area (Å²) < 4.78 is 21.4. The minimum atomic E-state index is -0.902. The number of nitrogens with one attached hydrogen (secondary N) is 1. The molecule has 0 unspecified atom stereocenters. The minimum absolute atomic E-state index is 0.00211. The molecule has 1 aliphatic heterocycles. The summed E-state index contributed by atoms with van der Waals surface area (Å²) in [7, 11) is 0. The van der Waals surface area contributed by atoms with Crippen molar-refractivity contribution in [1.29, 1.82) is 0 Å². The molecule has 0 fully saturated rings. The van der Waals surface area contributed by atoms with Crippen LogP contribution in [0.25, 0.3) is 11.2 Å². The predicted octanol–water partition coefficient (Wildman–Crippen LogP) is 2.15. The molecular formula is C21H25FN6O2. The highest BCUT2D eigenvalue weighted by Crippen LogP contribution is 2.30. The van der Waals surface area contributed by atoms with Gasteiger partial charge in [0.05, 0.1) is 6.61 Å². The van der Waals surface area contributed by atoms with E-state index in [-0.39, 0.29) is 17.6 Å². The number of amides is 1. The number of hydrogen-bond acceptors (Lipinski definition) is 6. The van der Waals surface area contributed by atoms with E-state index in [0.717, 1.165) is 23.3 Å². The van der Waals surface area contributed by atoms with Gasteiger partial charge in [0.25, 0.3) is 0 Å². The van der Waals surface area contributed by atoms with Gasteiger partial charge in [-0.05, 0) is 29.7 Å². The Morgan fingerprint density at radius 1 is 1.33 bits per heavy atom. The van der Waals surface area contributed by atoms with E-state index in [0.29, 0.717) is 43.1 Å². The maximum Gasteiger partial charge on any atom is 0.312 e. The van der Waals surface area contributed by atoms with Crippen LogP contribution in [0.1, 0.15) is 36.4 Å². The third-order valence-electron chi connectivity index (χ3n) is 5.33. The van der Waals surface area contributed by atoms with E-state index in [9.17, 15) is 9.18 Å². The number of nitrogen functional groups attached to an aromatic ring is 1. The first-order valence-corrected chi connectivity index (χ1v) is 10.0. The van der Waals surface area contributed by atoms with Crippen LogP contribution in [0.2, 0.25) is 0 Å². The number of rotatable bonds is 6. The summed E-state index contributed by atoms with van der Waals surface area (Å²) in [6.45, 7) is 7.16. The number of benzene rings is 1. The highest BCUT2D eigenvalue weighted by molar-refractivity contribution is 5.82. The molecule has 158 valence electrons. The van der Waals surface area contributed by atoms with Gasteiger partial charge in [-0.25, -0.2) is 4.98 Å². The molecule has 9 heteroatoms. The molecule has 3 heterocycles. The number of aryl methyl sites for hydroxylation is 1. The molecule has 2 aromatic heterocycles. The van der Waals surface area contributed by atoms with Crippen molar-refractivity contribution in [2.45, 2.75) is 40.2 Å². The number of nitrogens with two attached hydrogens (primary N) is 1. The van der Waals surface area contributed by atoms with Gasteiger partial charge in [0.2, 0.25) is 5.91 Å². The van der Waals surface area contributed by atoms with Gasteiger partial charge in [-0.2, -0.15) is 14.4 Å². The second kappa shape index (κ2) is 7.89. The number of hydrogen-bond donors (Lipinski definition) is 2. The highest BCUT2D eigenvalue weighted by atomic mass is 19.1. The Morgan fingerprint density at radius 2 is 2.13 bits per heavy atom. The Balaban J connectivity index is 1.70. The highest BCUT2D eigenvalue weighted by Gasteiger charge is 2.20. The van der Waals surface area contributed by atoms with E-state index >= 15 is 0 Å². The topological polar surface area (TPSA) is 108 Å². The van der Waals surface area contributed by atoms with Crippen molar-refractivity contribution in [3.8, 4) is 5.75 Å². The number of carbonyl (C=O) groups is 1. The first-order valence-electron chi connectivity index (χ1n) is 10.0. The first kappa shape index (κ1) is 20.1. The molecule has 1 aromatic carbocycles. The minimum Gasteiger partial charge on any atom is -0.493 e. The van der Waals surface area contributed by atoms with Gasteiger partial charge in [-0.15, -0.1) is 0 Å². The van der Waals surface area contributed by atoms with E-state index in [1.807, 2.05) is 19.9 Å². The molecule has 0 radical (unpaired) electrons. The van der Waals surface area contributed by atoms with E-state index in [1.165, 1.54) is 5.56 Å². The number of carbonyl (C=O) groups excluding carboxylic acids is 1. The number of ether oxygens (including phenoxy) is 1. The Labute approximate surface area is 173 Å². The zero-order chi connectivity index (χ0) is 21.4. The summed E-state index contributed by atoms with van der Waals surface area (Å²) in [5.74, 6) is 1.41. The standard InChI is InChI=1S/C21H25FN6O2/c1-11(2)20(29)24-5-6-28-16(25-17-18(23)26-21(22)27-19(17)28)10-14-9-15-13(4-7-30-15)8-12(14)3/h8-9,11H,4-7,10H2,1-3H3,(H,24,29)(H2,23,26,27). The zero-order valence-electron chi connectivity index (χ0n) is 17.3. The molecule has 1 aliphatic rings. The third-order valence-corrected chi connectivity index (χ3v) is 5.33. The fraction of sp³-hybridized carbons (Fsp3) is 0.429. The lowest BCUT2D eigenvalue weighted by molar-refractivity contribution is -0.124. The molecule has 3 N–H and O–H groups in total. The number of nitrogens with zero attached hydrogens (tertiary/aromatic N) is 4. The van der Waals surface area contributed by atoms with Crippen LogP contribution in [0.15, 0.2) is 12.1 Å². The molecular weight excluding hydrogens is 387 g/mol. The normalized spacial score (nSPS) is 13.0. The van der Waals surface area contributed by atoms with Crippen LogP contribution in [-0.4, -0.2) is 38.6 Å². The molecule has 0 atom stereocenters. The van der Waals surface area contributed by atoms with E-state index in [2.05, 4.69) is 33.3 Å². The largest absolute Gasteiger partial charge is 0.493 e. The molecule has 30 heavy (non-hydrogen) atoms. The molecule has 0 spiro atoms. The van der Waals surface area contributed by atoms with Crippen LogP contribution in [0, 0.1) is 18.9 Å². The summed E-state index contributed by atoms with van der Waals surface area (Å²) in [4.78, 5) is 24.0. The zero-order valence-corrected chi connectivity index (χ0v) is 17.3. The quantitative estimate of drug-likeness (QED) is 0.601. The number of aromatic nitrogens is 4. The maximum absolute atomic E-state index is 13.9.